The normalized spacial score (nSPS) is 11.2. The topological polar surface area (TPSA) is 128 Å². The Hall–Kier alpha value is -4.53. The highest BCUT2D eigenvalue weighted by atomic mass is 16.6. The average Bonchev–Trinajstić information content (AvgIpc) is 2.83. The van der Waals surface area contributed by atoms with Crippen LogP contribution in [0, 0.1) is 10.1 Å². The van der Waals surface area contributed by atoms with Crippen LogP contribution in [0.2, 0.25) is 0 Å². The number of nitrogens with one attached hydrogen (secondary N) is 2. The van der Waals surface area contributed by atoms with Gasteiger partial charge in [0.2, 0.25) is 0 Å². The number of rotatable bonds is 9. The van der Waals surface area contributed by atoms with Crippen molar-refractivity contribution in [1.82, 2.24) is 5.32 Å². The first-order valence-corrected chi connectivity index (χ1v) is 10.0. The van der Waals surface area contributed by atoms with Gasteiger partial charge in [-0.2, -0.15) is 0 Å². The molecule has 2 N–H and O–H groups in total. The fourth-order valence-electron chi connectivity index (χ4n) is 3.03. The van der Waals surface area contributed by atoms with Gasteiger partial charge in [0.1, 0.15) is 0 Å². The number of hydrogen-bond acceptors (Lipinski definition) is 6. The van der Waals surface area contributed by atoms with E-state index in [1.54, 1.807) is 54.6 Å². The average molecular weight is 447 g/mol. The highest BCUT2D eigenvalue weighted by Gasteiger charge is 2.21. The van der Waals surface area contributed by atoms with E-state index in [-0.39, 0.29) is 23.7 Å². The molecule has 3 rings (SSSR count). The first-order valence-electron chi connectivity index (χ1n) is 10.0. The minimum Gasteiger partial charge on any atom is -0.455 e. The van der Waals surface area contributed by atoms with E-state index < -0.39 is 29.4 Å². The Morgan fingerprint density at radius 1 is 0.909 bits per heavy atom. The summed E-state index contributed by atoms with van der Waals surface area (Å²) in [6.07, 6.45) is -0.188. The van der Waals surface area contributed by atoms with Crippen molar-refractivity contribution in [2.75, 3.05) is 11.9 Å². The number of amides is 2. The number of nitrogens with zero attached hydrogens (tertiary/aromatic N) is 1. The third kappa shape index (κ3) is 7.00. The summed E-state index contributed by atoms with van der Waals surface area (Å²) in [4.78, 5) is 47.3. The fourth-order valence-corrected chi connectivity index (χ4v) is 3.03. The Labute approximate surface area is 189 Å². The van der Waals surface area contributed by atoms with Crippen molar-refractivity contribution in [3.8, 4) is 0 Å². The van der Waals surface area contributed by atoms with Gasteiger partial charge in [-0.3, -0.25) is 24.5 Å². The van der Waals surface area contributed by atoms with Gasteiger partial charge in [-0.15, -0.1) is 0 Å². The second-order valence-electron chi connectivity index (χ2n) is 7.02. The molecule has 1 unspecified atom stereocenters. The largest absolute Gasteiger partial charge is 0.455 e. The van der Waals surface area contributed by atoms with E-state index in [2.05, 4.69) is 10.6 Å². The molecule has 2 amide bonds. The lowest BCUT2D eigenvalue weighted by Crippen LogP contribution is -2.31. The molecule has 0 radical (unpaired) electrons. The number of ether oxygens (including phenoxy) is 1. The van der Waals surface area contributed by atoms with E-state index in [0.29, 0.717) is 11.1 Å². The number of nitro benzene ring substituents is 1. The summed E-state index contributed by atoms with van der Waals surface area (Å²) in [6.45, 7) is -0.574. The Balaban J connectivity index is 1.59. The highest BCUT2D eigenvalue weighted by Crippen LogP contribution is 2.19. The monoisotopic (exact) mass is 447 g/mol. The lowest BCUT2D eigenvalue weighted by atomic mass is 10.0. The first-order chi connectivity index (χ1) is 15.9. The smallest absolute Gasteiger partial charge is 0.308 e. The summed E-state index contributed by atoms with van der Waals surface area (Å²) in [7, 11) is 0. The molecule has 1 atom stereocenters. The van der Waals surface area contributed by atoms with Crippen molar-refractivity contribution in [1.29, 1.82) is 0 Å². The maximum absolute atomic E-state index is 12.6. The predicted molar refractivity (Wildman–Crippen MR) is 120 cm³/mol. The van der Waals surface area contributed by atoms with E-state index in [0.717, 1.165) is 0 Å². The first kappa shape index (κ1) is 23.1. The SMILES string of the molecule is O=C(COC(=O)CC(NC(=O)c1ccccc1)c1ccccc1)Nc1cccc([N+](=O)[O-])c1. The van der Waals surface area contributed by atoms with E-state index >= 15 is 0 Å². The maximum Gasteiger partial charge on any atom is 0.308 e. The molecular weight excluding hydrogens is 426 g/mol. The van der Waals surface area contributed by atoms with Crippen LogP contribution in [0.1, 0.15) is 28.4 Å². The Kier molecular flexibility index (Phi) is 7.85. The van der Waals surface area contributed by atoms with Crippen LogP contribution < -0.4 is 10.6 Å². The minimum absolute atomic E-state index is 0.176. The van der Waals surface area contributed by atoms with Crippen LogP contribution in [0.5, 0.6) is 0 Å². The van der Waals surface area contributed by atoms with Gasteiger partial charge in [0, 0.05) is 23.4 Å². The van der Waals surface area contributed by atoms with Crippen LogP contribution in [0.15, 0.2) is 84.9 Å². The molecule has 9 nitrogen and oxygen atoms in total. The number of carbonyl (C=O) groups excluding carboxylic acids is 3. The van der Waals surface area contributed by atoms with Gasteiger partial charge in [-0.1, -0.05) is 54.6 Å². The van der Waals surface area contributed by atoms with E-state index in [4.69, 9.17) is 4.74 Å². The number of anilines is 1. The molecule has 0 fully saturated rings. The Bertz CT molecular complexity index is 1140. The number of carbonyl (C=O) groups is 3. The van der Waals surface area contributed by atoms with Crippen molar-refractivity contribution < 1.29 is 24.0 Å². The van der Waals surface area contributed by atoms with Crippen molar-refractivity contribution in [3.05, 3.63) is 106 Å². The lowest BCUT2D eigenvalue weighted by molar-refractivity contribution is -0.384. The van der Waals surface area contributed by atoms with Gasteiger partial charge >= 0.3 is 5.97 Å². The second-order valence-corrected chi connectivity index (χ2v) is 7.02. The summed E-state index contributed by atoms with van der Waals surface area (Å²) in [5.74, 6) is -1.68. The molecule has 0 aromatic heterocycles. The highest BCUT2D eigenvalue weighted by molar-refractivity contribution is 5.95. The standard InChI is InChI=1S/C24H21N3O6/c28-22(25-19-12-7-13-20(14-19)27(31)32)16-33-23(29)15-21(17-8-3-1-4-9-17)26-24(30)18-10-5-2-6-11-18/h1-14,21H,15-16H2,(H,25,28)(H,26,30). The van der Waals surface area contributed by atoms with Crippen LogP contribution in [0.4, 0.5) is 11.4 Å². The molecule has 9 heteroatoms. The Morgan fingerprint density at radius 2 is 1.58 bits per heavy atom. The van der Waals surface area contributed by atoms with E-state index in [9.17, 15) is 24.5 Å². The van der Waals surface area contributed by atoms with Crippen LogP contribution in [-0.2, 0) is 14.3 Å². The molecule has 0 saturated heterocycles. The number of nitro groups is 1. The Morgan fingerprint density at radius 3 is 2.24 bits per heavy atom. The zero-order chi connectivity index (χ0) is 23.6. The van der Waals surface area contributed by atoms with Gasteiger partial charge in [-0.25, -0.2) is 0 Å². The fraction of sp³-hybridized carbons (Fsp3) is 0.125. The van der Waals surface area contributed by atoms with Crippen molar-refractivity contribution in [2.45, 2.75) is 12.5 Å². The predicted octanol–water partition coefficient (Wildman–Crippen LogP) is 3.64. The summed E-state index contributed by atoms with van der Waals surface area (Å²) in [5.41, 5.74) is 1.19. The second kappa shape index (κ2) is 11.2. The van der Waals surface area contributed by atoms with E-state index in [1.807, 2.05) is 6.07 Å². The molecule has 0 aliphatic heterocycles. The molecule has 0 aliphatic rings. The lowest BCUT2D eigenvalue weighted by Gasteiger charge is -2.19. The number of benzene rings is 3. The van der Waals surface area contributed by atoms with Gasteiger partial charge in [0.05, 0.1) is 17.4 Å². The molecule has 168 valence electrons. The maximum atomic E-state index is 12.6. The van der Waals surface area contributed by atoms with Gasteiger partial charge in [0.15, 0.2) is 6.61 Å². The zero-order valence-corrected chi connectivity index (χ0v) is 17.5. The number of non-ortho nitro benzene ring substituents is 1. The quantitative estimate of drug-likeness (QED) is 0.293. The van der Waals surface area contributed by atoms with E-state index in [1.165, 1.54) is 24.3 Å². The molecule has 0 aliphatic carbocycles. The molecule has 0 spiro atoms. The van der Waals surface area contributed by atoms with Crippen LogP contribution in [-0.4, -0.2) is 29.3 Å². The van der Waals surface area contributed by atoms with Gasteiger partial charge in [-0.05, 0) is 23.8 Å². The van der Waals surface area contributed by atoms with Crippen molar-refractivity contribution >= 4 is 29.2 Å². The number of esters is 1. The summed E-state index contributed by atoms with van der Waals surface area (Å²) >= 11 is 0. The number of hydrogen-bond donors (Lipinski definition) is 2. The molecule has 0 bridgehead atoms. The molecule has 33 heavy (non-hydrogen) atoms. The van der Waals surface area contributed by atoms with Crippen molar-refractivity contribution in [3.63, 3.8) is 0 Å². The van der Waals surface area contributed by atoms with Gasteiger partial charge in [0.25, 0.3) is 17.5 Å². The van der Waals surface area contributed by atoms with Crippen LogP contribution in [0.25, 0.3) is 0 Å². The zero-order valence-electron chi connectivity index (χ0n) is 17.5. The molecule has 3 aromatic carbocycles. The van der Waals surface area contributed by atoms with Crippen LogP contribution in [0.3, 0.4) is 0 Å². The van der Waals surface area contributed by atoms with Crippen molar-refractivity contribution in [2.24, 2.45) is 0 Å². The third-order valence-electron chi connectivity index (χ3n) is 4.62. The molecular formula is C24H21N3O6. The summed E-state index contributed by atoms with van der Waals surface area (Å²) in [6, 6.07) is 22.3. The minimum atomic E-state index is -0.689. The summed E-state index contributed by atoms with van der Waals surface area (Å²) in [5, 5.41) is 16.1. The summed E-state index contributed by atoms with van der Waals surface area (Å²) < 4.78 is 5.06. The van der Waals surface area contributed by atoms with Gasteiger partial charge < -0.3 is 15.4 Å². The molecule has 0 heterocycles. The molecule has 0 saturated carbocycles. The van der Waals surface area contributed by atoms with Crippen LogP contribution >= 0.6 is 0 Å². The molecule has 3 aromatic rings. The third-order valence-corrected chi connectivity index (χ3v) is 4.62.